The number of benzene rings is 1. The van der Waals surface area contributed by atoms with Crippen molar-refractivity contribution in [2.75, 3.05) is 0 Å². The van der Waals surface area contributed by atoms with Crippen molar-refractivity contribution in [2.45, 2.75) is 0 Å². The predicted molar refractivity (Wildman–Crippen MR) is 67.3 cm³/mol. The van der Waals surface area contributed by atoms with Crippen LogP contribution in [0.2, 0.25) is 0 Å². The van der Waals surface area contributed by atoms with Gasteiger partial charge in [-0.1, -0.05) is 36.1 Å². The van der Waals surface area contributed by atoms with Gasteiger partial charge in [-0.15, -0.1) is 0 Å². The minimum Gasteiger partial charge on any atom is -0.508 e. The average Bonchev–Trinajstić information content (AvgIpc) is 2.47. The first-order valence-corrected chi connectivity index (χ1v) is 5.62. The lowest BCUT2D eigenvalue weighted by atomic mass is 10.2. The standard InChI is InChI=1S/C10H8N2O2S2/c11-12-9(14)8(16-10(12)15)5-6-2-1-3-7(13)4-6/h1-5,13H,11H2/b8-5-. The third kappa shape index (κ3) is 2.08. The number of hydrazine groups is 1. The number of thiocarbonyl (C=S) groups is 1. The molecule has 0 saturated carbocycles. The summed E-state index contributed by atoms with van der Waals surface area (Å²) in [6.07, 6.45) is 1.64. The second kappa shape index (κ2) is 4.25. The van der Waals surface area contributed by atoms with Crippen molar-refractivity contribution in [2.24, 2.45) is 5.84 Å². The van der Waals surface area contributed by atoms with Gasteiger partial charge >= 0.3 is 0 Å². The fraction of sp³-hybridized carbons (Fsp3) is 0. The number of phenolic OH excluding ortho intramolecular Hbond substituents is 1. The summed E-state index contributed by atoms with van der Waals surface area (Å²) in [6.45, 7) is 0. The maximum atomic E-state index is 11.6. The molecule has 1 aliphatic heterocycles. The van der Waals surface area contributed by atoms with Crippen LogP contribution in [0.1, 0.15) is 5.56 Å². The zero-order chi connectivity index (χ0) is 11.7. The highest BCUT2D eigenvalue weighted by atomic mass is 32.2. The molecule has 1 aromatic carbocycles. The maximum Gasteiger partial charge on any atom is 0.280 e. The van der Waals surface area contributed by atoms with Crippen LogP contribution in [0.3, 0.4) is 0 Å². The molecule has 1 amide bonds. The Balaban J connectivity index is 2.33. The second-order valence-electron chi connectivity index (χ2n) is 3.15. The number of nitrogens with zero attached hydrogens (tertiary/aromatic N) is 1. The van der Waals surface area contributed by atoms with Crippen LogP contribution in [-0.4, -0.2) is 20.3 Å². The van der Waals surface area contributed by atoms with Crippen molar-refractivity contribution >= 4 is 40.3 Å². The van der Waals surface area contributed by atoms with E-state index in [-0.39, 0.29) is 11.7 Å². The van der Waals surface area contributed by atoms with Crippen molar-refractivity contribution in [1.82, 2.24) is 5.01 Å². The number of thioether (sulfide) groups is 1. The van der Waals surface area contributed by atoms with E-state index in [1.54, 1.807) is 30.3 Å². The second-order valence-corrected chi connectivity index (χ2v) is 4.82. The SMILES string of the molecule is NN1C(=O)/C(=C/c2cccc(O)c2)SC1=S. The molecule has 1 fully saturated rings. The largest absolute Gasteiger partial charge is 0.508 e. The molecule has 1 heterocycles. The van der Waals surface area contributed by atoms with E-state index in [9.17, 15) is 9.90 Å². The number of phenols is 1. The number of rotatable bonds is 1. The van der Waals surface area contributed by atoms with E-state index in [0.29, 0.717) is 9.23 Å². The van der Waals surface area contributed by atoms with Crippen LogP contribution < -0.4 is 5.84 Å². The molecule has 82 valence electrons. The molecule has 1 aromatic rings. The first-order valence-electron chi connectivity index (χ1n) is 4.39. The first-order chi connectivity index (χ1) is 7.58. The highest BCUT2D eigenvalue weighted by Gasteiger charge is 2.29. The van der Waals surface area contributed by atoms with Crippen LogP contribution in [0, 0.1) is 0 Å². The summed E-state index contributed by atoms with van der Waals surface area (Å²) in [5.74, 6) is 5.26. The number of carbonyl (C=O) groups is 1. The normalized spacial score (nSPS) is 18.6. The number of hydrogen-bond acceptors (Lipinski definition) is 5. The first kappa shape index (κ1) is 11.1. The van der Waals surface area contributed by atoms with Gasteiger partial charge in [-0.2, -0.15) is 0 Å². The zero-order valence-electron chi connectivity index (χ0n) is 8.08. The van der Waals surface area contributed by atoms with Crippen LogP contribution in [0.4, 0.5) is 0 Å². The Morgan fingerprint density at radius 3 is 2.81 bits per heavy atom. The highest BCUT2D eigenvalue weighted by Crippen LogP contribution is 2.30. The van der Waals surface area contributed by atoms with Crippen molar-refractivity contribution in [3.8, 4) is 5.75 Å². The fourth-order valence-electron chi connectivity index (χ4n) is 1.25. The molecule has 4 nitrogen and oxygen atoms in total. The molecule has 0 spiro atoms. The van der Waals surface area contributed by atoms with Gasteiger partial charge in [0.1, 0.15) is 5.75 Å². The lowest BCUT2D eigenvalue weighted by Gasteiger charge is -2.02. The Morgan fingerprint density at radius 2 is 2.25 bits per heavy atom. The molecule has 0 radical (unpaired) electrons. The van der Waals surface area contributed by atoms with Gasteiger partial charge in [-0.05, 0) is 23.8 Å². The summed E-state index contributed by atoms with van der Waals surface area (Å²) in [7, 11) is 0. The maximum absolute atomic E-state index is 11.6. The summed E-state index contributed by atoms with van der Waals surface area (Å²) in [5, 5.41) is 10.2. The van der Waals surface area contributed by atoms with Gasteiger partial charge in [0.25, 0.3) is 5.91 Å². The number of hydrogen-bond donors (Lipinski definition) is 2. The Bertz CT molecular complexity index is 499. The minimum absolute atomic E-state index is 0.150. The summed E-state index contributed by atoms with van der Waals surface area (Å²) in [5.41, 5.74) is 0.731. The molecule has 0 unspecified atom stereocenters. The molecule has 0 aliphatic carbocycles. The van der Waals surface area contributed by atoms with Crippen LogP contribution in [-0.2, 0) is 4.79 Å². The van der Waals surface area contributed by atoms with Crippen LogP contribution in [0.25, 0.3) is 6.08 Å². The number of aromatic hydroxyl groups is 1. The quantitative estimate of drug-likeness (QED) is 0.343. The lowest BCUT2D eigenvalue weighted by molar-refractivity contribution is -0.122. The Morgan fingerprint density at radius 1 is 1.50 bits per heavy atom. The Kier molecular flexibility index (Phi) is 2.95. The zero-order valence-corrected chi connectivity index (χ0v) is 9.72. The van der Waals surface area contributed by atoms with E-state index in [1.165, 1.54) is 0 Å². The van der Waals surface area contributed by atoms with Gasteiger partial charge < -0.3 is 5.11 Å². The monoisotopic (exact) mass is 252 g/mol. The summed E-state index contributed by atoms with van der Waals surface area (Å²) in [4.78, 5) is 12.0. The van der Waals surface area contributed by atoms with E-state index in [4.69, 9.17) is 18.1 Å². The number of amides is 1. The molecule has 16 heavy (non-hydrogen) atoms. The van der Waals surface area contributed by atoms with Crippen molar-refractivity contribution in [3.05, 3.63) is 34.7 Å². The van der Waals surface area contributed by atoms with Crippen molar-refractivity contribution in [1.29, 1.82) is 0 Å². The van der Waals surface area contributed by atoms with Gasteiger partial charge in [0.2, 0.25) is 0 Å². The molecule has 6 heteroatoms. The summed E-state index contributed by atoms with van der Waals surface area (Å²) >= 11 is 6.04. The summed E-state index contributed by atoms with van der Waals surface area (Å²) < 4.78 is 0.330. The summed E-state index contributed by atoms with van der Waals surface area (Å²) in [6, 6.07) is 6.60. The third-order valence-electron chi connectivity index (χ3n) is 1.99. The average molecular weight is 252 g/mol. The van der Waals surface area contributed by atoms with Crippen LogP contribution in [0.15, 0.2) is 29.2 Å². The smallest absolute Gasteiger partial charge is 0.280 e. The van der Waals surface area contributed by atoms with Crippen molar-refractivity contribution in [3.63, 3.8) is 0 Å². The van der Waals surface area contributed by atoms with Gasteiger partial charge in [0.05, 0.1) is 4.91 Å². The van der Waals surface area contributed by atoms with Gasteiger partial charge in [0, 0.05) is 0 Å². The topological polar surface area (TPSA) is 66.6 Å². The van der Waals surface area contributed by atoms with E-state index in [1.807, 2.05) is 0 Å². The van der Waals surface area contributed by atoms with E-state index < -0.39 is 0 Å². The van der Waals surface area contributed by atoms with E-state index in [0.717, 1.165) is 22.3 Å². The van der Waals surface area contributed by atoms with E-state index in [2.05, 4.69) is 0 Å². The molecule has 2 rings (SSSR count). The molecular formula is C10H8N2O2S2. The Labute approximate surface area is 102 Å². The number of nitrogens with two attached hydrogens (primary N) is 1. The van der Waals surface area contributed by atoms with Crippen LogP contribution in [0.5, 0.6) is 5.75 Å². The van der Waals surface area contributed by atoms with E-state index >= 15 is 0 Å². The Hall–Kier alpha value is -1.37. The highest BCUT2D eigenvalue weighted by molar-refractivity contribution is 8.26. The third-order valence-corrected chi connectivity index (χ3v) is 3.32. The van der Waals surface area contributed by atoms with Gasteiger partial charge in [-0.3, -0.25) is 4.79 Å². The number of carbonyl (C=O) groups excluding carboxylic acids is 1. The molecule has 0 bridgehead atoms. The molecule has 3 N–H and O–H groups in total. The molecular weight excluding hydrogens is 244 g/mol. The van der Waals surface area contributed by atoms with Gasteiger partial charge in [0.15, 0.2) is 4.32 Å². The minimum atomic E-state index is -0.321. The molecule has 1 aliphatic rings. The predicted octanol–water partition coefficient (Wildman–Crippen LogP) is 1.47. The molecule has 0 aromatic heterocycles. The van der Waals surface area contributed by atoms with Crippen molar-refractivity contribution < 1.29 is 9.90 Å². The fourth-order valence-corrected chi connectivity index (χ4v) is 2.35. The van der Waals surface area contributed by atoms with Crippen LogP contribution >= 0.6 is 24.0 Å². The lowest BCUT2D eigenvalue weighted by Crippen LogP contribution is -2.34. The molecule has 0 atom stereocenters. The molecule has 1 saturated heterocycles. The van der Waals surface area contributed by atoms with Gasteiger partial charge in [-0.25, -0.2) is 10.9 Å².